The summed E-state index contributed by atoms with van der Waals surface area (Å²) in [5, 5.41) is 11.9. The second-order valence-electron chi connectivity index (χ2n) is 3.26. The van der Waals surface area contributed by atoms with E-state index in [0.717, 1.165) is 45.5 Å². The van der Waals surface area contributed by atoms with E-state index >= 15 is 0 Å². The fourth-order valence-corrected chi connectivity index (χ4v) is 1.09. The molecule has 0 rings (SSSR count). The summed E-state index contributed by atoms with van der Waals surface area (Å²) in [6.45, 7) is 2.31. The lowest BCUT2D eigenvalue weighted by Gasteiger charge is -2.08. The van der Waals surface area contributed by atoms with E-state index in [9.17, 15) is 0 Å². The number of rotatable bonds is 10. The van der Waals surface area contributed by atoms with Gasteiger partial charge in [0.05, 0.1) is 0 Å². The van der Waals surface area contributed by atoms with Crippen molar-refractivity contribution in [3.63, 3.8) is 0 Å². The first kappa shape index (κ1) is 13.8. The number of ether oxygens (including phenoxy) is 2. The molecule has 0 fully saturated rings. The molecule has 0 aliphatic heterocycles. The van der Waals surface area contributed by atoms with Gasteiger partial charge in [0.1, 0.15) is 6.23 Å². The first-order chi connectivity index (χ1) is 6.81. The van der Waals surface area contributed by atoms with Crippen LogP contribution < -0.4 is 5.32 Å². The summed E-state index contributed by atoms with van der Waals surface area (Å²) in [5.41, 5.74) is 0. The summed E-state index contributed by atoms with van der Waals surface area (Å²) < 4.78 is 10.3. The van der Waals surface area contributed by atoms with Gasteiger partial charge in [-0.25, -0.2) is 0 Å². The van der Waals surface area contributed by atoms with Crippen molar-refractivity contribution in [2.75, 3.05) is 34.0 Å². The third-order valence-corrected chi connectivity index (χ3v) is 1.99. The second kappa shape index (κ2) is 10.9. The fraction of sp³-hybridized carbons (Fsp3) is 1.00. The minimum Gasteiger partial charge on any atom is -0.385 e. The van der Waals surface area contributed by atoms with Crippen molar-refractivity contribution in [2.45, 2.75) is 31.9 Å². The van der Waals surface area contributed by atoms with Gasteiger partial charge < -0.3 is 14.6 Å². The molecule has 0 saturated heterocycles. The number of hydrogen-bond acceptors (Lipinski definition) is 4. The highest BCUT2D eigenvalue weighted by molar-refractivity contribution is 4.49. The average Bonchev–Trinajstić information content (AvgIpc) is 2.21. The number of hydrogen-bond donors (Lipinski definition) is 2. The zero-order valence-corrected chi connectivity index (χ0v) is 9.29. The Hall–Kier alpha value is -0.160. The van der Waals surface area contributed by atoms with E-state index in [1.54, 1.807) is 14.2 Å². The highest BCUT2D eigenvalue weighted by atomic mass is 16.5. The molecule has 4 nitrogen and oxygen atoms in total. The highest BCUT2D eigenvalue weighted by Crippen LogP contribution is 1.98. The summed E-state index contributed by atoms with van der Waals surface area (Å²) in [6.07, 6.45) is 3.37. The molecule has 0 aliphatic carbocycles. The first-order valence-electron chi connectivity index (χ1n) is 5.23. The van der Waals surface area contributed by atoms with Crippen LogP contribution in [0, 0.1) is 0 Å². The minimum absolute atomic E-state index is 0.372. The van der Waals surface area contributed by atoms with E-state index in [-0.39, 0.29) is 6.23 Å². The monoisotopic (exact) mass is 205 g/mol. The van der Waals surface area contributed by atoms with Crippen LogP contribution in [0.4, 0.5) is 0 Å². The Kier molecular flexibility index (Phi) is 10.8. The van der Waals surface area contributed by atoms with Gasteiger partial charge in [-0.2, -0.15) is 0 Å². The van der Waals surface area contributed by atoms with E-state index in [2.05, 4.69) is 5.32 Å². The Balaban J connectivity index is 2.92. The fourth-order valence-electron chi connectivity index (χ4n) is 1.09. The zero-order valence-electron chi connectivity index (χ0n) is 9.29. The van der Waals surface area contributed by atoms with Gasteiger partial charge >= 0.3 is 0 Å². The van der Waals surface area contributed by atoms with Crippen molar-refractivity contribution >= 4 is 0 Å². The molecule has 0 aromatic carbocycles. The van der Waals surface area contributed by atoms with Crippen molar-refractivity contribution in [1.29, 1.82) is 0 Å². The van der Waals surface area contributed by atoms with Gasteiger partial charge in [-0.15, -0.1) is 0 Å². The number of unbranched alkanes of at least 4 members (excludes halogenated alkanes) is 1. The van der Waals surface area contributed by atoms with E-state index in [0.29, 0.717) is 0 Å². The van der Waals surface area contributed by atoms with Crippen LogP contribution in [0.3, 0.4) is 0 Å². The molecular weight excluding hydrogens is 182 g/mol. The predicted molar refractivity (Wildman–Crippen MR) is 56.2 cm³/mol. The van der Waals surface area contributed by atoms with Gasteiger partial charge in [0.2, 0.25) is 0 Å². The topological polar surface area (TPSA) is 50.7 Å². The summed E-state index contributed by atoms with van der Waals surface area (Å²) in [4.78, 5) is 0. The van der Waals surface area contributed by atoms with Crippen LogP contribution in [-0.2, 0) is 9.47 Å². The molecule has 14 heavy (non-hydrogen) atoms. The maximum atomic E-state index is 9.16. The van der Waals surface area contributed by atoms with E-state index < -0.39 is 0 Å². The molecule has 0 radical (unpaired) electrons. The van der Waals surface area contributed by atoms with Crippen LogP contribution in [0.25, 0.3) is 0 Å². The van der Waals surface area contributed by atoms with Crippen LogP contribution in [0.2, 0.25) is 0 Å². The van der Waals surface area contributed by atoms with Gasteiger partial charge in [0.15, 0.2) is 0 Å². The van der Waals surface area contributed by atoms with Crippen molar-refractivity contribution < 1.29 is 14.6 Å². The molecule has 0 aromatic rings. The summed E-state index contributed by atoms with van der Waals surface area (Å²) in [7, 11) is 3.45. The van der Waals surface area contributed by atoms with Crippen molar-refractivity contribution in [1.82, 2.24) is 5.32 Å². The SMILES string of the molecule is CNC(O)CCCCOCCCOC. The lowest BCUT2D eigenvalue weighted by atomic mass is 10.2. The Morgan fingerprint density at radius 3 is 2.50 bits per heavy atom. The van der Waals surface area contributed by atoms with Gasteiger partial charge in [-0.05, 0) is 32.7 Å². The lowest BCUT2D eigenvalue weighted by Crippen LogP contribution is -2.24. The summed E-state index contributed by atoms with van der Waals surface area (Å²) >= 11 is 0. The average molecular weight is 205 g/mol. The Bertz CT molecular complexity index is 112. The molecule has 0 saturated carbocycles. The van der Waals surface area contributed by atoms with E-state index in [1.807, 2.05) is 0 Å². The van der Waals surface area contributed by atoms with E-state index in [1.165, 1.54) is 0 Å². The van der Waals surface area contributed by atoms with Crippen LogP contribution in [0.1, 0.15) is 25.7 Å². The van der Waals surface area contributed by atoms with Crippen LogP contribution >= 0.6 is 0 Å². The van der Waals surface area contributed by atoms with Gasteiger partial charge in [0.25, 0.3) is 0 Å². The molecular formula is C10H23NO3. The smallest absolute Gasteiger partial charge is 0.104 e. The lowest BCUT2D eigenvalue weighted by molar-refractivity contribution is 0.0935. The molecule has 1 atom stereocenters. The number of nitrogens with one attached hydrogen (secondary N) is 1. The number of aliphatic hydroxyl groups is 1. The molecule has 0 amide bonds. The van der Waals surface area contributed by atoms with Crippen LogP contribution in [-0.4, -0.2) is 45.3 Å². The number of aliphatic hydroxyl groups excluding tert-OH is 1. The zero-order chi connectivity index (χ0) is 10.6. The third kappa shape index (κ3) is 9.92. The summed E-state index contributed by atoms with van der Waals surface area (Å²) in [6, 6.07) is 0. The largest absolute Gasteiger partial charge is 0.385 e. The molecule has 0 aromatic heterocycles. The highest BCUT2D eigenvalue weighted by Gasteiger charge is 1.98. The molecule has 0 bridgehead atoms. The van der Waals surface area contributed by atoms with Crippen molar-refractivity contribution in [2.24, 2.45) is 0 Å². The van der Waals surface area contributed by atoms with Crippen molar-refractivity contribution in [3.05, 3.63) is 0 Å². The van der Waals surface area contributed by atoms with Gasteiger partial charge in [-0.3, -0.25) is 5.32 Å². The molecule has 0 spiro atoms. The van der Waals surface area contributed by atoms with E-state index in [4.69, 9.17) is 14.6 Å². The maximum absolute atomic E-state index is 9.16. The standard InChI is InChI=1S/C10H23NO3/c1-11-10(12)6-3-4-8-14-9-5-7-13-2/h10-12H,3-9H2,1-2H3. The first-order valence-corrected chi connectivity index (χ1v) is 5.23. The Morgan fingerprint density at radius 2 is 1.86 bits per heavy atom. The Morgan fingerprint density at radius 1 is 1.14 bits per heavy atom. The maximum Gasteiger partial charge on any atom is 0.104 e. The molecule has 0 aliphatic rings. The number of methoxy groups -OCH3 is 1. The van der Waals surface area contributed by atoms with Gasteiger partial charge in [0, 0.05) is 26.9 Å². The second-order valence-corrected chi connectivity index (χ2v) is 3.26. The van der Waals surface area contributed by atoms with Crippen LogP contribution in [0.15, 0.2) is 0 Å². The normalized spacial score (nSPS) is 13.1. The molecule has 1 unspecified atom stereocenters. The van der Waals surface area contributed by atoms with Gasteiger partial charge in [-0.1, -0.05) is 0 Å². The molecule has 86 valence electrons. The minimum atomic E-state index is -0.372. The Labute approximate surface area is 86.6 Å². The van der Waals surface area contributed by atoms with Crippen LogP contribution in [0.5, 0.6) is 0 Å². The van der Waals surface area contributed by atoms with Crippen molar-refractivity contribution in [3.8, 4) is 0 Å². The summed E-state index contributed by atoms with van der Waals surface area (Å²) in [5.74, 6) is 0. The third-order valence-electron chi connectivity index (χ3n) is 1.99. The predicted octanol–water partition coefficient (Wildman–Crippen LogP) is 0.748. The quantitative estimate of drug-likeness (QED) is 0.408. The molecule has 4 heteroatoms. The molecule has 2 N–H and O–H groups in total. The molecule has 0 heterocycles.